The van der Waals surface area contributed by atoms with Crippen LogP contribution in [0.2, 0.25) is 0 Å². The molecule has 1 aromatic rings. The van der Waals surface area contributed by atoms with E-state index in [1.54, 1.807) is 24.3 Å². The van der Waals surface area contributed by atoms with Gasteiger partial charge in [-0.15, -0.1) is 0 Å². The van der Waals surface area contributed by atoms with Crippen LogP contribution in [0.3, 0.4) is 0 Å². The number of fused-ring (bicyclic) bond motifs is 2. The Morgan fingerprint density at radius 3 is 2.29 bits per heavy atom. The summed E-state index contributed by atoms with van der Waals surface area (Å²) in [6.45, 7) is 6.97. The fourth-order valence-corrected chi connectivity index (χ4v) is 5.52. The summed E-state index contributed by atoms with van der Waals surface area (Å²) in [5.74, 6) is 0.631. The van der Waals surface area contributed by atoms with Gasteiger partial charge in [0.2, 0.25) is 0 Å². The van der Waals surface area contributed by atoms with E-state index < -0.39 is 9.84 Å². The zero-order valence-electron chi connectivity index (χ0n) is 14.9. The molecular weight excluding hydrogens is 322 g/mol. The van der Waals surface area contributed by atoms with Gasteiger partial charge < -0.3 is 5.32 Å². The third-order valence-corrected chi connectivity index (χ3v) is 7.60. The predicted molar refractivity (Wildman–Crippen MR) is 95.5 cm³/mol. The number of carbonyl (C=O) groups excluding carboxylic acids is 1. The van der Waals surface area contributed by atoms with Crippen molar-refractivity contribution in [2.45, 2.75) is 51.8 Å². The fourth-order valence-electron chi connectivity index (χ4n) is 4.72. The molecule has 0 saturated heterocycles. The Labute approximate surface area is 145 Å². The summed E-state index contributed by atoms with van der Waals surface area (Å²) < 4.78 is 22.7. The molecule has 0 radical (unpaired) electrons. The lowest BCUT2D eigenvalue weighted by Gasteiger charge is -2.39. The number of sulfone groups is 1. The van der Waals surface area contributed by atoms with Gasteiger partial charge in [-0.05, 0) is 53.7 Å². The highest BCUT2D eigenvalue weighted by Gasteiger charge is 2.61. The molecule has 0 aromatic heterocycles. The minimum Gasteiger partial charge on any atom is -0.349 e. The van der Waals surface area contributed by atoms with Crippen molar-refractivity contribution in [1.29, 1.82) is 0 Å². The van der Waals surface area contributed by atoms with Gasteiger partial charge in [0.05, 0.1) is 5.75 Å². The normalized spacial score (nSPS) is 31.2. The van der Waals surface area contributed by atoms with Crippen LogP contribution in [0.5, 0.6) is 0 Å². The van der Waals surface area contributed by atoms with Gasteiger partial charge in [-0.3, -0.25) is 4.79 Å². The molecule has 0 aliphatic heterocycles. The summed E-state index contributed by atoms with van der Waals surface area (Å²) in [6.07, 6.45) is 4.70. The molecule has 3 unspecified atom stereocenters. The van der Waals surface area contributed by atoms with Gasteiger partial charge >= 0.3 is 0 Å². The highest BCUT2D eigenvalue weighted by atomic mass is 32.2. The number of benzene rings is 1. The molecular formula is C19H27NO3S. The largest absolute Gasteiger partial charge is 0.349 e. The lowest BCUT2D eigenvalue weighted by molar-refractivity contribution is 0.0826. The van der Waals surface area contributed by atoms with Crippen molar-refractivity contribution >= 4 is 15.7 Å². The Hall–Kier alpha value is -1.36. The number of amides is 1. The van der Waals surface area contributed by atoms with Crippen LogP contribution in [0.4, 0.5) is 0 Å². The summed E-state index contributed by atoms with van der Waals surface area (Å²) in [7, 11) is -3.06. The third-order valence-electron chi connectivity index (χ3n) is 6.74. The van der Waals surface area contributed by atoms with Crippen molar-refractivity contribution in [3.8, 4) is 0 Å². The first-order valence-corrected chi connectivity index (χ1v) is 10.7. The number of rotatable bonds is 4. The Morgan fingerprint density at radius 1 is 1.21 bits per heavy atom. The van der Waals surface area contributed by atoms with E-state index in [0.29, 0.717) is 17.0 Å². The van der Waals surface area contributed by atoms with E-state index in [9.17, 15) is 13.2 Å². The standard InChI is InChI=1S/C19H27NO3S/c1-18(2)15-9-10-19(18,3)16(11-15)20-17(21)14-7-5-13(6-8-14)12-24(4,22)23/h5-8,15-16H,9-12H2,1-4H3,(H,20,21). The summed E-state index contributed by atoms with van der Waals surface area (Å²) in [5, 5.41) is 3.23. The maximum absolute atomic E-state index is 12.6. The monoisotopic (exact) mass is 349 g/mol. The van der Waals surface area contributed by atoms with E-state index in [4.69, 9.17) is 0 Å². The molecule has 2 fully saturated rings. The Morgan fingerprint density at radius 2 is 1.83 bits per heavy atom. The number of hydrogen-bond donors (Lipinski definition) is 1. The Kier molecular flexibility index (Phi) is 4.06. The summed E-state index contributed by atoms with van der Waals surface area (Å²) in [6, 6.07) is 7.10. The van der Waals surface area contributed by atoms with Gasteiger partial charge in [0.25, 0.3) is 5.91 Å². The van der Waals surface area contributed by atoms with Crippen LogP contribution in [0.15, 0.2) is 24.3 Å². The predicted octanol–water partition coefficient (Wildman–Crippen LogP) is 3.18. The second-order valence-electron chi connectivity index (χ2n) is 8.40. The van der Waals surface area contributed by atoms with Gasteiger partial charge in [0.15, 0.2) is 9.84 Å². The second-order valence-corrected chi connectivity index (χ2v) is 10.5. The minimum absolute atomic E-state index is 0.00542. The van der Waals surface area contributed by atoms with Gasteiger partial charge in [-0.1, -0.05) is 32.9 Å². The topological polar surface area (TPSA) is 63.2 Å². The molecule has 3 rings (SSSR count). The molecule has 2 saturated carbocycles. The summed E-state index contributed by atoms with van der Waals surface area (Å²) in [4.78, 5) is 12.6. The lowest BCUT2D eigenvalue weighted by atomic mass is 9.69. The first kappa shape index (κ1) is 17.5. The molecule has 2 bridgehead atoms. The molecule has 5 heteroatoms. The minimum atomic E-state index is -3.06. The molecule has 1 aromatic carbocycles. The highest BCUT2D eigenvalue weighted by molar-refractivity contribution is 7.89. The highest BCUT2D eigenvalue weighted by Crippen LogP contribution is 2.65. The van der Waals surface area contributed by atoms with Crippen LogP contribution in [0.25, 0.3) is 0 Å². The zero-order chi connectivity index (χ0) is 17.8. The summed E-state index contributed by atoms with van der Waals surface area (Å²) in [5.41, 5.74) is 1.73. The average Bonchev–Trinajstić information content (AvgIpc) is 2.79. The van der Waals surface area contributed by atoms with Crippen molar-refractivity contribution in [2.75, 3.05) is 6.26 Å². The molecule has 0 heterocycles. The third kappa shape index (κ3) is 2.87. The van der Waals surface area contributed by atoms with Crippen LogP contribution in [-0.4, -0.2) is 26.6 Å². The lowest BCUT2D eigenvalue weighted by Crippen LogP contribution is -2.46. The van der Waals surface area contributed by atoms with E-state index in [1.807, 2.05) is 0 Å². The quantitative estimate of drug-likeness (QED) is 0.908. The summed E-state index contributed by atoms with van der Waals surface area (Å²) >= 11 is 0. The van der Waals surface area contributed by atoms with Gasteiger partial charge in [0.1, 0.15) is 0 Å². The van der Waals surface area contributed by atoms with Crippen molar-refractivity contribution in [3.63, 3.8) is 0 Å². The van der Waals surface area contributed by atoms with E-state index in [1.165, 1.54) is 19.1 Å². The molecule has 24 heavy (non-hydrogen) atoms. The Balaban J connectivity index is 1.70. The van der Waals surface area contributed by atoms with Crippen molar-refractivity contribution in [1.82, 2.24) is 5.32 Å². The Bertz CT molecular complexity index is 751. The van der Waals surface area contributed by atoms with Crippen LogP contribution < -0.4 is 5.32 Å². The van der Waals surface area contributed by atoms with Crippen LogP contribution in [-0.2, 0) is 15.6 Å². The fraction of sp³-hybridized carbons (Fsp3) is 0.632. The van der Waals surface area contributed by atoms with E-state index in [2.05, 4.69) is 26.1 Å². The molecule has 132 valence electrons. The van der Waals surface area contributed by atoms with Crippen LogP contribution >= 0.6 is 0 Å². The van der Waals surface area contributed by atoms with E-state index >= 15 is 0 Å². The van der Waals surface area contributed by atoms with Gasteiger partial charge in [0, 0.05) is 17.9 Å². The maximum atomic E-state index is 12.6. The first-order valence-electron chi connectivity index (χ1n) is 8.60. The van der Waals surface area contributed by atoms with Gasteiger partial charge in [-0.25, -0.2) is 8.42 Å². The number of nitrogens with one attached hydrogen (secondary N) is 1. The van der Waals surface area contributed by atoms with E-state index in [0.717, 1.165) is 6.42 Å². The molecule has 1 N–H and O–H groups in total. The molecule has 1 amide bonds. The smallest absolute Gasteiger partial charge is 0.251 e. The average molecular weight is 349 g/mol. The molecule has 2 aliphatic rings. The molecule has 4 nitrogen and oxygen atoms in total. The maximum Gasteiger partial charge on any atom is 0.251 e. The van der Waals surface area contributed by atoms with E-state index in [-0.39, 0.29) is 28.5 Å². The van der Waals surface area contributed by atoms with Crippen molar-refractivity contribution in [2.24, 2.45) is 16.7 Å². The number of carbonyl (C=O) groups is 1. The van der Waals surface area contributed by atoms with Crippen LogP contribution in [0, 0.1) is 16.7 Å². The SMILES string of the molecule is CC1(C)C2CCC1(C)C(NC(=O)c1ccc(CS(C)(=O)=O)cc1)C2. The molecule has 3 atom stereocenters. The second kappa shape index (κ2) is 5.58. The van der Waals surface area contributed by atoms with Crippen molar-refractivity contribution in [3.05, 3.63) is 35.4 Å². The van der Waals surface area contributed by atoms with Gasteiger partial charge in [-0.2, -0.15) is 0 Å². The molecule has 2 aliphatic carbocycles. The van der Waals surface area contributed by atoms with Crippen molar-refractivity contribution < 1.29 is 13.2 Å². The van der Waals surface area contributed by atoms with Crippen LogP contribution in [0.1, 0.15) is 56.0 Å². The zero-order valence-corrected chi connectivity index (χ0v) is 15.7. The number of hydrogen-bond acceptors (Lipinski definition) is 3. The molecule has 0 spiro atoms. The first-order chi connectivity index (χ1) is 11.0.